The zero-order chi connectivity index (χ0) is 17.2. The van der Waals surface area contributed by atoms with Crippen LogP contribution < -0.4 is 4.90 Å². The van der Waals surface area contributed by atoms with Gasteiger partial charge in [-0.1, -0.05) is 5.16 Å². The van der Waals surface area contributed by atoms with Crippen molar-refractivity contribution >= 4 is 12.4 Å². The third-order valence-electron chi connectivity index (χ3n) is 5.15. The number of nitrogens with zero attached hydrogens (tertiary/aromatic N) is 5. The van der Waals surface area contributed by atoms with Crippen LogP contribution in [0.5, 0.6) is 0 Å². The molecule has 0 aliphatic carbocycles. The van der Waals surface area contributed by atoms with Crippen LogP contribution in [-0.4, -0.2) is 52.6 Å². The first kappa shape index (κ1) is 16.1. The summed E-state index contributed by atoms with van der Waals surface area (Å²) in [5, 5.41) is 4.01. The summed E-state index contributed by atoms with van der Waals surface area (Å²) in [7, 11) is 0. The molecule has 0 atom stereocenters. The third kappa shape index (κ3) is 3.23. The summed E-state index contributed by atoms with van der Waals surface area (Å²) in [4.78, 5) is 24.6. The average molecular weight is 341 g/mol. The highest BCUT2D eigenvalue weighted by Crippen LogP contribution is 2.35. The Bertz CT molecular complexity index is 746. The molecule has 2 saturated heterocycles. The lowest BCUT2D eigenvalue weighted by Crippen LogP contribution is -2.32. The summed E-state index contributed by atoms with van der Waals surface area (Å²) in [6, 6.07) is 1.93. The maximum absolute atomic E-state index is 11.0. The zero-order valence-corrected chi connectivity index (χ0v) is 14.5. The fourth-order valence-electron chi connectivity index (χ4n) is 3.72. The molecule has 1 amide bonds. The van der Waals surface area contributed by atoms with Crippen LogP contribution in [0.25, 0.3) is 11.3 Å². The lowest BCUT2D eigenvalue weighted by atomic mass is 9.90. The molecule has 132 valence electrons. The van der Waals surface area contributed by atoms with Gasteiger partial charge in [0.1, 0.15) is 0 Å². The average Bonchev–Trinajstić information content (AvgIpc) is 3.33. The van der Waals surface area contributed by atoms with Gasteiger partial charge in [-0.3, -0.25) is 4.79 Å². The van der Waals surface area contributed by atoms with Crippen LogP contribution in [0.1, 0.15) is 43.0 Å². The molecule has 4 rings (SSSR count). The predicted octanol–water partition coefficient (Wildman–Crippen LogP) is 2.38. The normalized spacial score (nSPS) is 18.8. The topological polar surface area (TPSA) is 75.4 Å². The minimum Gasteiger partial charge on any atom is -0.356 e. The van der Waals surface area contributed by atoms with E-state index < -0.39 is 0 Å². The number of piperidine rings is 1. The summed E-state index contributed by atoms with van der Waals surface area (Å²) in [6.07, 6.45) is 7.03. The number of carbonyl (C=O) groups excluding carboxylic acids is 1. The molecule has 25 heavy (non-hydrogen) atoms. The van der Waals surface area contributed by atoms with E-state index in [1.165, 1.54) is 12.8 Å². The van der Waals surface area contributed by atoms with Crippen LogP contribution in [0.2, 0.25) is 0 Å². The first-order valence-corrected chi connectivity index (χ1v) is 8.99. The van der Waals surface area contributed by atoms with Crippen molar-refractivity contribution in [3.8, 4) is 11.3 Å². The number of aromatic nitrogens is 3. The van der Waals surface area contributed by atoms with Crippen molar-refractivity contribution in [1.82, 2.24) is 20.0 Å². The summed E-state index contributed by atoms with van der Waals surface area (Å²) >= 11 is 0. The largest absolute Gasteiger partial charge is 0.356 e. The van der Waals surface area contributed by atoms with E-state index in [1.54, 1.807) is 0 Å². The van der Waals surface area contributed by atoms with E-state index in [1.807, 2.05) is 24.1 Å². The first-order chi connectivity index (χ1) is 12.2. The zero-order valence-electron chi connectivity index (χ0n) is 14.5. The summed E-state index contributed by atoms with van der Waals surface area (Å²) in [6.45, 7) is 5.49. The van der Waals surface area contributed by atoms with Crippen molar-refractivity contribution in [3.05, 3.63) is 23.7 Å². The molecule has 0 unspecified atom stereocenters. The van der Waals surface area contributed by atoms with Crippen molar-refractivity contribution < 1.29 is 9.32 Å². The molecular formula is C18H23N5O2. The maximum atomic E-state index is 11.0. The Morgan fingerprint density at radius 3 is 2.60 bits per heavy atom. The number of amides is 1. The molecule has 0 bridgehead atoms. The molecule has 0 aromatic carbocycles. The van der Waals surface area contributed by atoms with E-state index >= 15 is 0 Å². The standard InChI is InChI=1S/C18H23N5O2/c1-13-10-16(25-21-13)15-11-19-18(23-6-2-3-7-23)20-17(15)14-4-8-22(12-24)9-5-14/h10-12,14H,2-9H2,1H3. The molecule has 4 heterocycles. The highest BCUT2D eigenvalue weighted by molar-refractivity contribution is 5.61. The van der Waals surface area contributed by atoms with Gasteiger partial charge in [-0.25, -0.2) is 9.97 Å². The van der Waals surface area contributed by atoms with E-state index in [4.69, 9.17) is 9.51 Å². The Labute approximate surface area is 147 Å². The van der Waals surface area contributed by atoms with Crippen LogP contribution in [0, 0.1) is 6.92 Å². The van der Waals surface area contributed by atoms with Crippen molar-refractivity contribution in [3.63, 3.8) is 0 Å². The molecule has 2 aliphatic rings. The predicted molar refractivity (Wildman–Crippen MR) is 93.3 cm³/mol. The van der Waals surface area contributed by atoms with Crippen molar-refractivity contribution in [1.29, 1.82) is 0 Å². The Morgan fingerprint density at radius 2 is 1.96 bits per heavy atom. The van der Waals surface area contributed by atoms with Gasteiger partial charge in [0.05, 0.1) is 17.0 Å². The van der Waals surface area contributed by atoms with Crippen LogP contribution in [0.15, 0.2) is 16.8 Å². The SMILES string of the molecule is Cc1cc(-c2cnc(N3CCCC3)nc2C2CCN(C=O)CC2)on1. The van der Waals surface area contributed by atoms with Gasteiger partial charge in [-0.15, -0.1) is 0 Å². The number of carbonyl (C=O) groups is 1. The molecule has 7 nitrogen and oxygen atoms in total. The molecule has 0 radical (unpaired) electrons. The van der Waals surface area contributed by atoms with E-state index in [2.05, 4.69) is 15.0 Å². The Balaban J connectivity index is 1.69. The second-order valence-corrected chi connectivity index (χ2v) is 6.91. The summed E-state index contributed by atoms with van der Waals surface area (Å²) in [5.74, 6) is 1.84. The van der Waals surface area contributed by atoms with Gasteiger partial charge in [-0.05, 0) is 32.6 Å². The number of hydrogen-bond donors (Lipinski definition) is 0. The smallest absolute Gasteiger partial charge is 0.225 e. The van der Waals surface area contributed by atoms with Crippen LogP contribution in [0.4, 0.5) is 5.95 Å². The van der Waals surface area contributed by atoms with Gasteiger partial charge in [0.2, 0.25) is 12.4 Å². The molecular weight excluding hydrogens is 318 g/mol. The molecule has 2 fully saturated rings. The Morgan fingerprint density at radius 1 is 1.20 bits per heavy atom. The van der Waals surface area contributed by atoms with Crippen LogP contribution in [0.3, 0.4) is 0 Å². The van der Waals surface area contributed by atoms with E-state index in [0.717, 1.165) is 74.1 Å². The molecule has 2 aliphatic heterocycles. The van der Waals surface area contributed by atoms with Gasteiger partial charge in [-0.2, -0.15) is 0 Å². The Kier molecular flexibility index (Phi) is 4.38. The minimum absolute atomic E-state index is 0.306. The lowest BCUT2D eigenvalue weighted by molar-refractivity contribution is -0.119. The first-order valence-electron chi connectivity index (χ1n) is 8.99. The molecule has 0 saturated carbocycles. The van der Waals surface area contributed by atoms with Gasteiger partial charge >= 0.3 is 0 Å². The summed E-state index contributed by atoms with van der Waals surface area (Å²) < 4.78 is 5.48. The molecule has 7 heteroatoms. The Hall–Kier alpha value is -2.44. The van der Waals surface area contributed by atoms with Gasteiger partial charge < -0.3 is 14.3 Å². The van der Waals surface area contributed by atoms with Crippen LogP contribution >= 0.6 is 0 Å². The van der Waals surface area contributed by atoms with E-state index in [9.17, 15) is 4.79 Å². The van der Waals surface area contributed by atoms with Gasteiger partial charge in [0, 0.05) is 44.4 Å². The van der Waals surface area contributed by atoms with Crippen LogP contribution in [-0.2, 0) is 4.79 Å². The third-order valence-corrected chi connectivity index (χ3v) is 5.15. The second kappa shape index (κ2) is 6.82. The number of anilines is 1. The number of hydrogen-bond acceptors (Lipinski definition) is 6. The lowest BCUT2D eigenvalue weighted by Gasteiger charge is -2.30. The highest BCUT2D eigenvalue weighted by atomic mass is 16.5. The van der Waals surface area contributed by atoms with Gasteiger partial charge in [0.25, 0.3) is 0 Å². The fraction of sp³-hybridized carbons (Fsp3) is 0.556. The van der Waals surface area contributed by atoms with Crippen molar-refractivity contribution in [2.45, 2.75) is 38.5 Å². The monoisotopic (exact) mass is 341 g/mol. The summed E-state index contributed by atoms with van der Waals surface area (Å²) in [5.41, 5.74) is 2.80. The molecule has 2 aromatic heterocycles. The quantitative estimate of drug-likeness (QED) is 0.795. The van der Waals surface area contributed by atoms with Gasteiger partial charge in [0.15, 0.2) is 5.76 Å². The molecule has 2 aromatic rings. The van der Waals surface area contributed by atoms with Crippen molar-refractivity contribution in [2.24, 2.45) is 0 Å². The maximum Gasteiger partial charge on any atom is 0.225 e. The second-order valence-electron chi connectivity index (χ2n) is 6.91. The number of aryl methyl sites for hydroxylation is 1. The van der Waals surface area contributed by atoms with Crippen molar-refractivity contribution in [2.75, 3.05) is 31.1 Å². The molecule has 0 N–H and O–H groups in total. The number of likely N-dealkylation sites (tertiary alicyclic amines) is 1. The highest BCUT2D eigenvalue weighted by Gasteiger charge is 2.27. The fourth-order valence-corrected chi connectivity index (χ4v) is 3.72. The van der Waals surface area contributed by atoms with E-state index in [-0.39, 0.29) is 0 Å². The molecule has 0 spiro atoms. The van der Waals surface area contributed by atoms with E-state index in [0.29, 0.717) is 5.92 Å². The minimum atomic E-state index is 0.306. The number of rotatable bonds is 4.